The highest BCUT2D eigenvalue weighted by Gasteiger charge is 2.21. The molecule has 0 saturated heterocycles. The largest absolute Gasteiger partial charge is 0.348 e. The van der Waals surface area contributed by atoms with Gasteiger partial charge >= 0.3 is 11.8 Å². The number of rotatable bonds is 6. The number of nitrogens with zero attached hydrogens (tertiary/aromatic N) is 1. The molecule has 0 saturated carbocycles. The van der Waals surface area contributed by atoms with Crippen LogP contribution in [0.5, 0.6) is 0 Å². The second-order valence-corrected chi connectivity index (χ2v) is 5.73. The normalized spacial score (nSPS) is 10.2. The minimum Gasteiger partial charge on any atom is -0.348 e. The molecule has 2 rings (SSSR count). The Morgan fingerprint density at radius 2 is 1.79 bits per heavy atom. The molecule has 0 radical (unpaired) electrons. The lowest BCUT2D eigenvalue weighted by atomic mass is 10.1. The van der Waals surface area contributed by atoms with Crippen molar-refractivity contribution in [1.29, 1.82) is 0 Å². The van der Waals surface area contributed by atoms with E-state index in [1.807, 2.05) is 56.3 Å². The minimum absolute atomic E-state index is 0.458. The van der Waals surface area contributed by atoms with Crippen LogP contribution < -0.4 is 10.2 Å². The lowest BCUT2D eigenvalue weighted by Crippen LogP contribution is -2.43. The molecule has 126 valence electrons. The minimum atomic E-state index is -0.550. The van der Waals surface area contributed by atoms with Crippen molar-refractivity contribution in [2.45, 2.75) is 26.7 Å². The van der Waals surface area contributed by atoms with E-state index >= 15 is 0 Å². The first-order chi connectivity index (χ1) is 11.6. The first kappa shape index (κ1) is 17.7. The summed E-state index contributed by atoms with van der Waals surface area (Å²) < 4.78 is 0. The number of hydrogen-bond donors (Lipinski definition) is 1. The second kappa shape index (κ2) is 8.87. The Morgan fingerprint density at radius 1 is 1.04 bits per heavy atom. The molecule has 2 aromatic rings. The fraction of sp³-hybridized carbons (Fsp3) is 0.300. The summed E-state index contributed by atoms with van der Waals surface area (Å²) in [5.41, 5.74) is 3.04. The average molecular weight is 324 g/mol. The van der Waals surface area contributed by atoms with Crippen LogP contribution in [0.2, 0.25) is 0 Å². The maximum atomic E-state index is 12.4. The summed E-state index contributed by atoms with van der Waals surface area (Å²) in [5, 5.41) is 2.72. The van der Waals surface area contributed by atoms with Gasteiger partial charge in [0.05, 0.1) is 0 Å². The van der Waals surface area contributed by atoms with E-state index < -0.39 is 11.8 Å². The van der Waals surface area contributed by atoms with E-state index in [9.17, 15) is 9.59 Å². The van der Waals surface area contributed by atoms with Crippen LogP contribution in [-0.2, 0) is 16.0 Å². The highest BCUT2D eigenvalue weighted by molar-refractivity contribution is 6.40. The van der Waals surface area contributed by atoms with Gasteiger partial charge in [0, 0.05) is 18.8 Å². The van der Waals surface area contributed by atoms with E-state index in [1.165, 1.54) is 10.5 Å². The summed E-state index contributed by atoms with van der Waals surface area (Å²) in [6.45, 7) is 4.78. The van der Waals surface area contributed by atoms with Gasteiger partial charge in [0.25, 0.3) is 0 Å². The standard InChI is InChI=1S/C20H24N2O2/c1-3-22(18-13-7-9-16(2)15-18)20(24)19(23)21-14-8-12-17-10-5-4-6-11-17/h4-7,9-11,13,15H,3,8,12,14H2,1-2H3,(H,21,23). The second-order valence-electron chi connectivity index (χ2n) is 5.73. The van der Waals surface area contributed by atoms with Crippen molar-refractivity contribution in [1.82, 2.24) is 5.32 Å². The third-order valence-corrected chi connectivity index (χ3v) is 3.84. The molecule has 1 N–H and O–H groups in total. The molecule has 0 bridgehead atoms. The molecule has 24 heavy (non-hydrogen) atoms. The van der Waals surface area contributed by atoms with E-state index in [4.69, 9.17) is 0 Å². The molecular formula is C20H24N2O2. The number of likely N-dealkylation sites (N-methyl/N-ethyl adjacent to an activating group) is 1. The predicted octanol–water partition coefficient (Wildman–Crippen LogP) is 3.10. The number of aryl methyl sites for hydroxylation is 2. The summed E-state index contributed by atoms with van der Waals surface area (Å²) in [6.07, 6.45) is 1.68. The maximum Gasteiger partial charge on any atom is 0.316 e. The molecule has 0 fully saturated rings. The number of hydrogen-bond acceptors (Lipinski definition) is 2. The third-order valence-electron chi connectivity index (χ3n) is 3.84. The Labute approximate surface area is 143 Å². The van der Waals surface area contributed by atoms with Gasteiger partial charge in [-0.2, -0.15) is 0 Å². The average Bonchev–Trinajstić information content (AvgIpc) is 2.60. The Kier molecular flexibility index (Phi) is 6.55. The number of nitrogens with one attached hydrogen (secondary N) is 1. The molecule has 0 heterocycles. The molecule has 0 aliphatic carbocycles. The van der Waals surface area contributed by atoms with Crippen LogP contribution in [0.25, 0.3) is 0 Å². The molecule has 2 amide bonds. The van der Waals surface area contributed by atoms with Crippen molar-refractivity contribution in [3.8, 4) is 0 Å². The van der Waals surface area contributed by atoms with Crippen molar-refractivity contribution in [3.63, 3.8) is 0 Å². The van der Waals surface area contributed by atoms with Gasteiger partial charge in [-0.05, 0) is 49.9 Å². The van der Waals surface area contributed by atoms with Crippen LogP contribution in [0.1, 0.15) is 24.5 Å². The van der Waals surface area contributed by atoms with Gasteiger partial charge in [0.1, 0.15) is 0 Å². The topological polar surface area (TPSA) is 49.4 Å². The zero-order chi connectivity index (χ0) is 17.4. The molecule has 0 atom stereocenters. The number of carbonyl (C=O) groups excluding carboxylic acids is 2. The van der Waals surface area contributed by atoms with Gasteiger partial charge < -0.3 is 10.2 Å². The Bertz CT molecular complexity index is 683. The summed E-state index contributed by atoms with van der Waals surface area (Å²) in [5.74, 6) is -1.06. The van der Waals surface area contributed by atoms with E-state index in [1.54, 1.807) is 0 Å². The zero-order valence-electron chi connectivity index (χ0n) is 14.3. The molecule has 4 nitrogen and oxygen atoms in total. The zero-order valence-corrected chi connectivity index (χ0v) is 14.3. The third kappa shape index (κ3) is 4.95. The van der Waals surface area contributed by atoms with E-state index in [0.29, 0.717) is 13.1 Å². The van der Waals surface area contributed by atoms with E-state index in [0.717, 1.165) is 24.1 Å². The number of benzene rings is 2. The van der Waals surface area contributed by atoms with Gasteiger partial charge in [-0.1, -0.05) is 42.5 Å². The van der Waals surface area contributed by atoms with Crippen LogP contribution in [0, 0.1) is 6.92 Å². The Hall–Kier alpha value is -2.62. The lowest BCUT2D eigenvalue weighted by molar-refractivity contribution is -0.137. The first-order valence-electron chi connectivity index (χ1n) is 8.32. The summed E-state index contributed by atoms with van der Waals surface area (Å²) in [4.78, 5) is 26.0. The highest BCUT2D eigenvalue weighted by atomic mass is 16.2. The van der Waals surface area contributed by atoms with Gasteiger partial charge in [-0.15, -0.1) is 0 Å². The first-order valence-corrected chi connectivity index (χ1v) is 8.32. The molecule has 4 heteroatoms. The van der Waals surface area contributed by atoms with Gasteiger partial charge in [-0.3, -0.25) is 9.59 Å². The molecule has 0 aliphatic heterocycles. The van der Waals surface area contributed by atoms with Gasteiger partial charge in [0.2, 0.25) is 0 Å². The number of anilines is 1. The van der Waals surface area contributed by atoms with Crippen LogP contribution in [0.4, 0.5) is 5.69 Å². The van der Waals surface area contributed by atoms with Crippen molar-refractivity contribution in [2.24, 2.45) is 0 Å². The lowest BCUT2D eigenvalue weighted by Gasteiger charge is -2.20. The summed E-state index contributed by atoms with van der Waals surface area (Å²) >= 11 is 0. The molecular weight excluding hydrogens is 300 g/mol. The van der Waals surface area contributed by atoms with Gasteiger partial charge in [-0.25, -0.2) is 0 Å². The van der Waals surface area contributed by atoms with Crippen molar-refractivity contribution in [2.75, 3.05) is 18.0 Å². The fourth-order valence-electron chi connectivity index (χ4n) is 2.58. The summed E-state index contributed by atoms with van der Waals surface area (Å²) in [6, 6.07) is 17.7. The monoisotopic (exact) mass is 324 g/mol. The maximum absolute atomic E-state index is 12.4. The smallest absolute Gasteiger partial charge is 0.316 e. The number of carbonyl (C=O) groups is 2. The quantitative estimate of drug-likeness (QED) is 0.656. The van der Waals surface area contributed by atoms with Gasteiger partial charge in [0.15, 0.2) is 0 Å². The SMILES string of the molecule is CCN(C(=O)C(=O)NCCCc1ccccc1)c1cccc(C)c1. The summed E-state index contributed by atoms with van der Waals surface area (Å²) in [7, 11) is 0. The predicted molar refractivity (Wildman–Crippen MR) is 97.0 cm³/mol. The Balaban J connectivity index is 1.85. The van der Waals surface area contributed by atoms with Crippen molar-refractivity contribution < 1.29 is 9.59 Å². The molecule has 0 spiro atoms. The van der Waals surface area contributed by atoms with Crippen molar-refractivity contribution in [3.05, 3.63) is 65.7 Å². The number of amides is 2. The fourth-order valence-corrected chi connectivity index (χ4v) is 2.58. The van der Waals surface area contributed by atoms with Crippen LogP contribution in [0.3, 0.4) is 0 Å². The van der Waals surface area contributed by atoms with Crippen LogP contribution in [0.15, 0.2) is 54.6 Å². The molecule has 0 unspecified atom stereocenters. The molecule has 0 aliphatic rings. The van der Waals surface area contributed by atoms with E-state index in [2.05, 4.69) is 17.4 Å². The van der Waals surface area contributed by atoms with Crippen LogP contribution >= 0.6 is 0 Å². The Morgan fingerprint density at radius 3 is 2.46 bits per heavy atom. The van der Waals surface area contributed by atoms with E-state index in [-0.39, 0.29) is 0 Å². The van der Waals surface area contributed by atoms with Crippen LogP contribution in [-0.4, -0.2) is 24.9 Å². The highest BCUT2D eigenvalue weighted by Crippen LogP contribution is 2.15. The molecule has 2 aromatic carbocycles. The van der Waals surface area contributed by atoms with Crippen molar-refractivity contribution >= 4 is 17.5 Å². The molecule has 0 aromatic heterocycles.